The summed E-state index contributed by atoms with van der Waals surface area (Å²) in [6.45, 7) is 12.9. The fraction of sp³-hybridized carbons (Fsp3) is 0.938. The average Bonchev–Trinajstić information content (AvgIpc) is 2.68. The first kappa shape index (κ1) is 18.2. The molecule has 0 aromatic rings. The van der Waals surface area contributed by atoms with Gasteiger partial charge in [-0.2, -0.15) is 0 Å². The lowest BCUT2D eigenvalue weighted by atomic mass is 10.2. The summed E-state index contributed by atoms with van der Waals surface area (Å²) in [7, 11) is 0. The van der Waals surface area contributed by atoms with E-state index in [4.69, 9.17) is 14.2 Å². The van der Waals surface area contributed by atoms with Gasteiger partial charge in [0.15, 0.2) is 0 Å². The van der Waals surface area contributed by atoms with Crippen molar-refractivity contribution in [2.45, 2.75) is 84.2 Å². The van der Waals surface area contributed by atoms with Crippen LogP contribution in [0.15, 0.2) is 0 Å². The molecule has 1 N–H and O–H groups in total. The molecule has 5 heteroatoms. The van der Waals surface area contributed by atoms with Crippen LogP contribution in [0, 0.1) is 0 Å². The zero-order valence-corrected chi connectivity index (χ0v) is 14.3. The number of nitrogens with one attached hydrogen (secondary N) is 1. The minimum absolute atomic E-state index is 0.125. The molecule has 2 atom stereocenters. The molecule has 0 heterocycles. The van der Waals surface area contributed by atoms with Gasteiger partial charge in [-0.3, -0.25) is 0 Å². The maximum absolute atomic E-state index is 11.7. The molecule has 1 aliphatic carbocycles. The Morgan fingerprint density at radius 2 is 1.71 bits per heavy atom. The summed E-state index contributed by atoms with van der Waals surface area (Å²) in [5.74, 6) is 0. The SMILES string of the molecule is CC(C)(C)OCCOC1CCC(NC(=O)OC(C)(C)C)C1. The van der Waals surface area contributed by atoms with Crippen LogP contribution in [0.2, 0.25) is 0 Å². The van der Waals surface area contributed by atoms with Gasteiger partial charge in [0.2, 0.25) is 0 Å². The molecule has 0 saturated heterocycles. The molecule has 21 heavy (non-hydrogen) atoms. The molecule has 124 valence electrons. The predicted octanol–water partition coefficient (Wildman–Crippen LogP) is 3.26. The van der Waals surface area contributed by atoms with E-state index in [0.717, 1.165) is 19.3 Å². The third-order valence-electron chi connectivity index (χ3n) is 3.08. The Hall–Kier alpha value is -0.810. The van der Waals surface area contributed by atoms with E-state index in [9.17, 15) is 4.79 Å². The topological polar surface area (TPSA) is 56.8 Å². The number of hydrogen-bond donors (Lipinski definition) is 1. The predicted molar refractivity (Wildman–Crippen MR) is 82.5 cm³/mol. The summed E-state index contributed by atoms with van der Waals surface area (Å²) in [4.78, 5) is 11.7. The first-order chi connectivity index (χ1) is 9.55. The third-order valence-corrected chi connectivity index (χ3v) is 3.08. The van der Waals surface area contributed by atoms with Crippen molar-refractivity contribution in [3.8, 4) is 0 Å². The molecule has 0 aromatic carbocycles. The zero-order chi connectivity index (χ0) is 16.1. The molecule has 2 unspecified atom stereocenters. The van der Waals surface area contributed by atoms with Gasteiger partial charge in [0, 0.05) is 6.04 Å². The van der Waals surface area contributed by atoms with E-state index in [0.29, 0.717) is 13.2 Å². The first-order valence-electron chi connectivity index (χ1n) is 7.80. The van der Waals surface area contributed by atoms with Gasteiger partial charge in [-0.05, 0) is 60.8 Å². The number of ether oxygens (including phenoxy) is 3. The van der Waals surface area contributed by atoms with Crippen molar-refractivity contribution in [2.24, 2.45) is 0 Å². The highest BCUT2D eigenvalue weighted by molar-refractivity contribution is 5.68. The number of carbonyl (C=O) groups is 1. The molecule has 0 aromatic heterocycles. The molecule has 1 amide bonds. The number of hydrogen-bond acceptors (Lipinski definition) is 4. The van der Waals surface area contributed by atoms with Gasteiger partial charge >= 0.3 is 6.09 Å². The van der Waals surface area contributed by atoms with Gasteiger partial charge in [-0.25, -0.2) is 4.79 Å². The number of alkyl carbamates (subject to hydrolysis) is 1. The second-order valence-corrected chi connectivity index (χ2v) is 7.61. The van der Waals surface area contributed by atoms with Crippen LogP contribution < -0.4 is 5.32 Å². The van der Waals surface area contributed by atoms with Crippen LogP contribution in [0.4, 0.5) is 4.79 Å². The van der Waals surface area contributed by atoms with Crippen LogP contribution >= 0.6 is 0 Å². The minimum Gasteiger partial charge on any atom is -0.444 e. The van der Waals surface area contributed by atoms with E-state index >= 15 is 0 Å². The van der Waals surface area contributed by atoms with E-state index < -0.39 is 5.60 Å². The standard InChI is InChI=1S/C16H31NO4/c1-15(2,3)20-10-9-19-13-8-7-12(11-13)17-14(18)21-16(4,5)6/h12-13H,7-11H2,1-6H3,(H,17,18). The van der Waals surface area contributed by atoms with Crippen molar-refractivity contribution in [3.05, 3.63) is 0 Å². The van der Waals surface area contributed by atoms with Gasteiger partial charge in [0.05, 0.1) is 24.9 Å². The molecule has 0 aliphatic heterocycles. The largest absolute Gasteiger partial charge is 0.444 e. The second-order valence-electron chi connectivity index (χ2n) is 7.61. The Morgan fingerprint density at radius 3 is 2.29 bits per heavy atom. The van der Waals surface area contributed by atoms with Crippen LogP contribution in [0.5, 0.6) is 0 Å². The van der Waals surface area contributed by atoms with Gasteiger partial charge in [0.25, 0.3) is 0 Å². The van der Waals surface area contributed by atoms with E-state index in [1.165, 1.54) is 0 Å². The quantitative estimate of drug-likeness (QED) is 0.792. The molecule has 1 fully saturated rings. The molecular formula is C16H31NO4. The monoisotopic (exact) mass is 301 g/mol. The van der Waals surface area contributed by atoms with Gasteiger partial charge < -0.3 is 19.5 Å². The lowest BCUT2D eigenvalue weighted by Gasteiger charge is -2.22. The van der Waals surface area contributed by atoms with E-state index in [1.807, 2.05) is 41.5 Å². The Labute approximate surface area is 128 Å². The lowest BCUT2D eigenvalue weighted by molar-refractivity contribution is -0.0505. The van der Waals surface area contributed by atoms with Gasteiger partial charge in [0.1, 0.15) is 5.60 Å². The van der Waals surface area contributed by atoms with Crippen LogP contribution in [-0.4, -0.2) is 42.7 Å². The van der Waals surface area contributed by atoms with Crippen LogP contribution in [0.1, 0.15) is 60.8 Å². The Balaban J connectivity index is 2.16. The van der Waals surface area contributed by atoms with Crippen molar-refractivity contribution in [1.29, 1.82) is 0 Å². The number of carbonyl (C=O) groups excluding carboxylic acids is 1. The molecule has 5 nitrogen and oxygen atoms in total. The maximum atomic E-state index is 11.7. The highest BCUT2D eigenvalue weighted by Crippen LogP contribution is 2.22. The smallest absolute Gasteiger partial charge is 0.407 e. The molecule has 0 radical (unpaired) electrons. The van der Waals surface area contributed by atoms with Crippen molar-refractivity contribution < 1.29 is 19.0 Å². The molecule has 1 rings (SSSR count). The molecule has 0 spiro atoms. The maximum Gasteiger partial charge on any atom is 0.407 e. The fourth-order valence-corrected chi connectivity index (χ4v) is 2.26. The molecule has 0 bridgehead atoms. The summed E-state index contributed by atoms with van der Waals surface area (Å²) in [5.41, 5.74) is -0.581. The fourth-order valence-electron chi connectivity index (χ4n) is 2.26. The van der Waals surface area contributed by atoms with Crippen molar-refractivity contribution in [1.82, 2.24) is 5.32 Å². The number of rotatable bonds is 5. The Bertz CT molecular complexity index is 330. The molecular weight excluding hydrogens is 270 g/mol. The van der Waals surface area contributed by atoms with Gasteiger partial charge in [-0.15, -0.1) is 0 Å². The molecule has 1 saturated carbocycles. The summed E-state index contributed by atoms with van der Waals surface area (Å²) < 4.78 is 16.7. The zero-order valence-electron chi connectivity index (χ0n) is 14.3. The minimum atomic E-state index is -0.455. The summed E-state index contributed by atoms with van der Waals surface area (Å²) in [6, 6.07) is 0.147. The Kier molecular flexibility index (Phi) is 6.47. The van der Waals surface area contributed by atoms with Crippen LogP contribution in [0.25, 0.3) is 0 Å². The first-order valence-corrected chi connectivity index (χ1v) is 7.80. The van der Waals surface area contributed by atoms with Crippen LogP contribution in [0.3, 0.4) is 0 Å². The summed E-state index contributed by atoms with van der Waals surface area (Å²) in [6.07, 6.45) is 2.60. The van der Waals surface area contributed by atoms with Crippen LogP contribution in [-0.2, 0) is 14.2 Å². The van der Waals surface area contributed by atoms with Gasteiger partial charge in [-0.1, -0.05) is 0 Å². The second kappa shape index (κ2) is 7.45. The highest BCUT2D eigenvalue weighted by atomic mass is 16.6. The Morgan fingerprint density at radius 1 is 1.05 bits per heavy atom. The van der Waals surface area contributed by atoms with Crippen molar-refractivity contribution in [2.75, 3.05) is 13.2 Å². The van der Waals surface area contributed by atoms with Crippen molar-refractivity contribution >= 4 is 6.09 Å². The number of amides is 1. The lowest BCUT2D eigenvalue weighted by Crippen LogP contribution is -2.38. The van der Waals surface area contributed by atoms with Crippen molar-refractivity contribution in [3.63, 3.8) is 0 Å². The van der Waals surface area contributed by atoms with E-state index in [-0.39, 0.29) is 23.8 Å². The highest BCUT2D eigenvalue weighted by Gasteiger charge is 2.28. The third kappa shape index (κ3) is 8.94. The average molecular weight is 301 g/mol. The normalized spacial score (nSPS) is 23.1. The van der Waals surface area contributed by atoms with E-state index in [2.05, 4.69) is 5.32 Å². The molecule has 1 aliphatic rings. The van der Waals surface area contributed by atoms with E-state index in [1.54, 1.807) is 0 Å². The summed E-state index contributed by atoms with van der Waals surface area (Å²) >= 11 is 0. The summed E-state index contributed by atoms with van der Waals surface area (Å²) in [5, 5.41) is 2.91.